The minimum Gasteiger partial charge on any atom is -0.483 e. The Labute approximate surface area is 242 Å². The van der Waals surface area contributed by atoms with Gasteiger partial charge < -0.3 is 24.1 Å². The van der Waals surface area contributed by atoms with E-state index in [9.17, 15) is 14.4 Å². The molecule has 1 aromatic carbocycles. The van der Waals surface area contributed by atoms with Crippen molar-refractivity contribution in [2.24, 2.45) is 7.05 Å². The van der Waals surface area contributed by atoms with Crippen LogP contribution in [0.15, 0.2) is 29.4 Å². The van der Waals surface area contributed by atoms with Gasteiger partial charge in [-0.2, -0.15) is 0 Å². The molecule has 0 fully saturated rings. The molecular formula is C28H36N4O6S2. The highest BCUT2D eigenvalue weighted by molar-refractivity contribution is 7.99. The maximum atomic E-state index is 12.9. The average molecular weight is 589 g/mol. The highest BCUT2D eigenvalue weighted by Crippen LogP contribution is 2.35. The summed E-state index contributed by atoms with van der Waals surface area (Å²) in [6, 6.07) is 7.99. The van der Waals surface area contributed by atoms with Gasteiger partial charge in [-0.05, 0) is 56.4 Å². The molecule has 1 amide bonds. The minimum absolute atomic E-state index is 0.00340. The number of carbonyl (C=O) groups is 3. The second kappa shape index (κ2) is 13.3. The van der Waals surface area contributed by atoms with Crippen LogP contribution in [0.4, 0.5) is 5.00 Å². The number of aromatic nitrogens is 3. The maximum absolute atomic E-state index is 12.9. The summed E-state index contributed by atoms with van der Waals surface area (Å²) < 4.78 is 18.1. The first-order chi connectivity index (χ1) is 18.9. The van der Waals surface area contributed by atoms with Crippen molar-refractivity contribution in [3.8, 4) is 5.75 Å². The van der Waals surface area contributed by atoms with E-state index < -0.39 is 11.9 Å². The molecule has 2 aromatic heterocycles. The summed E-state index contributed by atoms with van der Waals surface area (Å²) in [5, 5.41) is 12.0. The molecule has 3 aromatic rings. The quantitative estimate of drug-likeness (QED) is 0.222. The monoisotopic (exact) mass is 588 g/mol. The fourth-order valence-corrected chi connectivity index (χ4v) is 5.65. The molecule has 0 aliphatic carbocycles. The standard InChI is InChI=1S/C28H36N4O6S2/c1-9-36-25(34)21-16(3)22(26(35)37-10-2)40-24(21)29-20(33)15-39-27-31-30-23(32(27)8)17(4)38-19-13-11-18(12-14-19)28(5,6)7/h11-14,17H,9-10,15H2,1-8H3,(H,29,33). The summed E-state index contributed by atoms with van der Waals surface area (Å²) in [6.45, 7) is 13.7. The predicted molar refractivity (Wildman–Crippen MR) is 156 cm³/mol. The molecule has 10 nitrogen and oxygen atoms in total. The maximum Gasteiger partial charge on any atom is 0.348 e. The van der Waals surface area contributed by atoms with Crippen molar-refractivity contribution in [2.45, 2.75) is 65.1 Å². The van der Waals surface area contributed by atoms with Gasteiger partial charge in [0.1, 0.15) is 15.6 Å². The fourth-order valence-electron chi connectivity index (χ4n) is 3.83. The molecule has 1 unspecified atom stereocenters. The Morgan fingerprint density at radius 3 is 2.27 bits per heavy atom. The number of rotatable bonds is 11. The third-order valence-corrected chi connectivity index (χ3v) is 8.15. The van der Waals surface area contributed by atoms with Gasteiger partial charge in [0.15, 0.2) is 17.1 Å². The molecule has 216 valence electrons. The van der Waals surface area contributed by atoms with Crippen LogP contribution in [-0.2, 0) is 26.7 Å². The summed E-state index contributed by atoms with van der Waals surface area (Å²) in [5.41, 5.74) is 1.82. The normalized spacial score (nSPS) is 12.1. The van der Waals surface area contributed by atoms with Gasteiger partial charge in [-0.1, -0.05) is 44.7 Å². The van der Waals surface area contributed by atoms with E-state index in [0.717, 1.165) is 17.1 Å². The lowest BCUT2D eigenvalue weighted by Crippen LogP contribution is -2.17. The molecule has 0 aliphatic heterocycles. The number of nitrogens with zero attached hydrogens (tertiary/aromatic N) is 3. The largest absolute Gasteiger partial charge is 0.483 e. The van der Waals surface area contributed by atoms with E-state index >= 15 is 0 Å². The lowest BCUT2D eigenvalue weighted by Gasteiger charge is -2.20. The number of amides is 1. The first-order valence-electron chi connectivity index (χ1n) is 12.9. The summed E-state index contributed by atoms with van der Waals surface area (Å²) in [4.78, 5) is 38.0. The summed E-state index contributed by atoms with van der Waals surface area (Å²) in [7, 11) is 1.81. The lowest BCUT2D eigenvalue weighted by atomic mass is 9.87. The zero-order valence-electron chi connectivity index (χ0n) is 24.1. The van der Waals surface area contributed by atoms with Crippen LogP contribution >= 0.6 is 23.1 Å². The van der Waals surface area contributed by atoms with Crippen molar-refractivity contribution in [1.82, 2.24) is 14.8 Å². The molecule has 2 heterocycles. The van der Waals surface area contributed by atoms with Crippen LogP contribution in [0, 0.1) is 6.92 Å². The van der Waals surface area contributed by atoms with Crippen LogP contribution in [-0.4, -0.2) is 51.6 Å². The fraction of sp³-hybridized carbons (Fsp3) is 0.464. The van der Waals surface area contributed by atoms with Crippen LogP contribution in [0.3, 0.4) is 0 Å². The van der Waals surface area contributed by atoms with E-state index in [1.165, 1.54) is 17.3 Å². The van der Waals surface area contributed by atoms with E-state index in [-0.39, 0.29) is 51.8 Å². The number of anilines is 1. The molecule has 0 aliphatic rings. The summed E-state index contributed by atoms with van der Waals surface area (Å²) in [6.07, 6.45) is -0.372. The van der Waals surface area contributed by atoms with Gasteiger partial charge in [-0.3, -0.25) is 4.79 Å². The first kappa shape index (κ1) is 31.2. The van der Waals surface area contributed by atoms with Crippen LogP contribution < -0.4 is 10.1 Å². The van der Waals surface area contributed by atoms with Gasteiger partial charge in [0.05, 0.1) is 24.5 Å². The Morgan fingerprint density at radius 1 is 1.05 bits per heavy atom. The molecule has 0 bridgehead atoms. The second-order valence-corrected chi connectivity index (χ2v) is 11.9. The molecule has 1 atom stereocenters. The van der Waals surface area contributed by atoms with E-state index in [4.69, 9.17) is 14.2 Å². The number of hydrogen-bond donors (Lipinski definition) is 1. The number of carbonyl (C=O) groups excluding carboxylic acids is 3. The van der Waals surface area contributed by atoms with Crippen molar-refractivity contribution in [3.63, 3.8) is 0 Å². The lowest BCUT2D eigenvalue weighted by molar-refractivity contribution is -0.113. The van der Waals surface area contributed by atoms with E-state index in [0.29, 0.717) is 16.5 Å². The van der Waals surface area contributed by atoms with Gasteiger partial charge in [0.2, 0.25) is 5.91 Å². The number of nitrogens with one attached hydrogen (secondary N) is 1. The summed E-state index contributed by atoms with van der Waals surface area (Å²) >= 11 is 2.18. The number of esters is 2. The van der Waals surface area contributed by atoms with Crippen molar-refractivity contribution in [1.29, 1.82) is 0 Å². The molecule has 3 rings (SSSR count). The van der Waals surface area contributed by atoms with E-state index in [2.05, 4.69) is 48.4 Å². The molecular weight excluding hydrogens is 552 g/mol. The van der Waals surface area contributed by atoms with E-state index in [1.807, 2.05) is 26.1 Å². The number of benzene rings is 1. The molecule has 1 N–H and O–H groups in total. The third-order valence-electron chi connectivity index (χ3n) is 5.94. The van der Waals surface area contributed by atoms with Gasteiger partial charge in [0.25, 0.3) is 0 Å². The van der Waals surface area contributed by atoms with Crippen LogP contribution in [0.25, 0.3) is 0 Å². The predicted octanol–water partition coefficient (Wildman–Crippen LogP) is 5.71. The molecule has 40 heavy (non-hydrogen) atoms. The Morgan fingerprint density at radius 2 is 1.68 bits per heavy atom. The van der Waals surface area contributed by atoms with E-state index in [1.54, 1.807) is 25.3 Å². The highest BCUT2D eigenvalue weighted by atomic mass is 32.2. The van der Waals surface area contributed by atoms with Crippen molar-refractivity contribution < 1.29 is 28.6 Å². The topological polar surface area (TPSA) is 122 Å². The van der Waals surface area contributed by atoms with Gasteiger partial charge in [0, 0.05) is 7.05 Å². The zero-order valence-corrected chi connectivity index (χ0v) is 25.7. The van der Waals surface area contributed by atoms with Crippen molar-refractivity contribution in [2.75, 3.05) is 24.3 Å². The SMILES string of the molecule is CCOC(=O)c1sc(NC(=O)CSc2nnc(C(C)Oc3ccc(C(C)(C)C)cc3)n2C)c(C(=O)OCC)c1C. The first-order valence-corrected chi connectivity index (χ1v) is 14.7. The number of thioether (sulfide) groups is 1. The van der Waals surface area contributed by atoms with Gasteiger partial charge >= 0.3 is 11.9 Å². The average Bonchev–Trinajstić information content (AvgIpc) is 3.41. The Hall–Kier alpha value is -3.38. The number of thiophene rings is 1. The Kier molecular flexibility index (Phi) is 10.4. The second-order valence-electron chi connectivity index (χ2n) is 9.97. The van der Waals surface area contributed by atoms with Crippen LogP contribution in [0.5, 0.6) is 5.75 Å². The molecule has 0 spiro atoms. The Balaban J connectivity index is 1.67. The van der Waals surface area contributed by atoms with Crippen LogP contribution in [0.2, 0.25) is 0 Å². The zero-order chi connectivity index (χ0) is 29.6. The van der Waals surface area contributed by atoms with Gasteiger partial charge in [-0.15, -0.1) is 21.5 Å². The van der Waals surface area contributed by atoms with Gasteiger partial charge in [-0.25, -0.2) is 9.59 Å². The van der Waals surface area contributed by atoms with Crippen LogP contribution in [0.1, 0.15) is 84.6 Å². The molecule has 0 saturated heterocycles. The highest BCUT2D eigenvalue weighted by Gasteiger charge is 2.27. The number of ether oxygens (including phenoxy) is 3. The number of hydrogen-bond acceptors (Lipinski definition) is 10. The third kappa shape index (κ3) is 7.42. The molecule has 0 saturated carbocycles. The summed E-state index contributed by atoms with van der Waals surface area (Å²) in [5.74, 6) is -0.208. The molecule has 12 heteroatoms. The van der Waals surface area contributed by atoms with Crippen molar-refractivity contribution >= 4 is 45.9 Å². The smallest absolute Gasteiger partial charge is 0.348 e. The molecule has 0 radical (unpaired) electrons. The minimum atomic E-state index is -0.616. The van der Waals surface area contributed by atoms with Crippen molar-refractivity contribution in [3.05, 3.63) is 51.7 Å². The Bertz CT molecular complexity index is 1360.